The quantitative estimate of drug-likeness (QED) is 0.673. The maximum atomic E-state index is 12.4. The summed E-state index contributed by atoms with van der Waals surface area (Å²) in [6.07, 6.45) is 0.817. The molecule has 0 bridgehead atoms. The largest absolute Gasteiger partial charge is 0.300 e. The van der Waals surface area contributed by atoms with Gasteiger partial charge in [-0.2, -0.15) is 0 Å². The van der Waals surface area contributed by atoms with E-state index in [1.807, 2.05) is 26.0 Å². The first-order chi connectivity index (χ1) is 12.0. The summed E-state index contributed by atoms with van der Waals surface area (Å²) in [4.78, 5) is 17.1. The number of benzene rings is 1. The number of rotatable bonds is 5. The van der Waals surface area contributed by atoms with Crippen molar-refractivity contribution in [2.75, 3.05) is 5.32 Å². The molecule has 0 saturated heterocycles. The average molecular weight is 373 g/mol. The van der Waals surface area contributed by atoms with Crippen molar-refractivity contribution in [2.45, 2.75) is 44.4 Å². The number of fused-ring (bicyclic) bond motifs is 1. The molecule has 1 atom stereocenters. The summed E-state index contributed by atoms with van der Waals surface area (Å²) in [6.45, 7) is 8.02. The van der Waals surface area contributed by atoms with Crippen LogP contribution in [0, 0.1) is 13.8 Å². The third kappa shape index (κ3) is 3.99. The van der Waals surface area contributed by atoms with Crippen molar-refractivity contribution in [3.8, 4) is 0 Å². The van der Waals surface area contributed by atoms with Crippen molar-refractivity contribution < 1.29 is 4.79 Å². The van der Waals surface area contributed by atoms with Crippen LogP contribution in [0.4, 0.5) is 5.13 Å². The Morgan fingerprint density at radius 1 is 1.28 bits per heavy atom. The minimum atomic E-state index is -0.276. The molecule has 3 rings (SSSR count). The number of carbonyl (C=O) groups is 1. The Balaban J connectivity index is 1.75. The van der Waals surface area contributed by atoms with Gasteiger partial charge < -0.3 is 0 Å². The van der Waals surface area contributed by atoms with Crippen LogP contribution in [0.25, 0.3) is 10.9 Å². The van der Waals surface area contributed by atoms with E-state index >= 15 is 0 Å². The van der Waals surface area contributed by atoms with E-state index in [-0.39, 0.29) is 11.2 Å². The van der Waals surface area contributed by atoms with Crippen molar-refractivity contribution in [1.29, 1.82) is 0 Å². The molecule has 2 aromatic heterocycles. The zero-order valence-corrected chi connectivity index (χ0v) is 16.3. The zero-order valence-electron chi connectivity index (χ0n) is 14.7. The summed E-state index contributed by atoms with van der Waals surface area (Å²) >= 11 is 2.87. The van der Waals surface area contributed by atoms with Gasteiger partial charge in [0.05, 0.1) is 15.8 Å². The molecule has 3 aromatic rings. The van der Waals surface area contributed by atoms with Crippen molar-refractivity contribution in [1.82, 2.24) is 15.2 Å². The fourth-order valence-electron chi connectivity index (χ4n) is 2.48. The van der Waals surface area contributed by atoms with Crippen LogP contribution in [0.3, 0.4) is 0 Å². The second-order valence-electron chi connectivity index (χ2n) is 5.85. The van der Waals surface area contributed by atoms with Gasteiger partial charge in [0.1, 0.15) is 5.01 Å². The standard InChI is InChI=1S/C18H20N4OS2/c1-5-14-21-22-18(25-14)20-17(23)12(4)24-15-9-11(3)13-8-6-7-10(2)16(13)19-15/h6-9,12H,5H2,1-4H3,(H,20,22,23). The Morgan fingerprint density at radius 3 is 2.80 bits per heavy atom. The molecule has 0 saturated carbocycles. The molecule has 0 radical (unpaired) electrons. The molecule has 0 aliphatic carbocycles. The Morgan fingerprint density at radius 2 is 2.08 bits per heavy atom. The van der Waals surface area contributed by atoms with Gasteiger partial charge in [0.2, 0.25) is 11.0 Å². The molecule has 7 heteroatoms. The lowest BCUT2D eigenvalue weighted by atomic mass is 10.1. The average Bonchev–Trinajstić information content (AvgIpc) is 3.03. The molecule has 0 aliphatic rings. The van der Waals surface area contributed by atoms with Gasteiger partial charge in [-0.05, 0) is 44.4 Å². The molecule has 1 unspecified atom stereocenters. The predicted octanol–water partition coefficient (Wildman–Crippen LogP) is 4.38. The summed E-state index contributed by atoms with van der Waals surface area (Å²) < 4.78 is 0. The minimum absolute atomic E-state index is 0.0897. The Bertz CT molecular complexity index is 923. The molecule has 0 aliphatic heterocycles. The van der Waals surface area contributed by atoms with Gasteiger partial charge >= 0.3 is 0 Å². The molecular formula is C18H20N4OS2. The van der Waals surface area contributed by atoms with E-state index in [1.54, 1.807) is 0 Å². The first-order valence-corrected chi connectivity index (χ1v) is 9.84. The first kappa shape index (κ1) is 17.8. The normalized spacial score (nSPS) is 12.3. The predicted molar refractivity (Wildman–Crippen MR) is 104 cm³/mol. The number of aryl methyl sites for hydroxylation is 3. The number of hydrogen-bond donors (Lipinski definition) is 1. The summed E-state index contributed by atoms with van der Waals surface area (Å²) in [7, 11) is 0. The number of nitrogens with one attached hydrogen (secondary N) is 1. The monoisotopic (exact) mass is 372 g/mol. The summed E-state index contributed by atoms with van der Waals surface area (Å²) in [5.41, 5.74) is 3.30. The Kier molecular flexibility index (Phi) is 5.34. The van der Waals surface area contributed by atoms with E-state index in [9.17, 15) is 4.79 Å². The fraction of sp³-hybridized carbons (Fsp3) is 0.333. The highest BCUT2D eigenvalue weighted by Gasteiger charge is 2.18. The van der Waals surface area contributed by atoms with Gasteiger partial charge in [-0.3, -0.25) is 10.1 Å². The molecule has 130 valence electrons. The Hall–Kier alpha value is -1.99. The topological polar surface area (TPSA) is 67.8 Å². The van der Waals surface area contributed by atoms with E-state index in [1.165, 1.54) is 28.7 Å². The van der Waals surface area contributed by atoms with Gasteiger partial charge in [0, 0.05) is 5.39 Å². The molecule has 1 amide bonds. The molecule has 25 heavy (non-hydrogen) atoms. The first-order valence-electron chi connectivity index (χ1n) is 8.14. The number of anilines is 1. The second kappa shape index (κ2) is 7.49. The maximum absolute atomic E-state index is 12.4. The molecule has 0 spiro atoms. The fourth-order valence-corrected chi connectivity index (χ4v) is 4.08. The Labute approximate surface area is 155 Å². The lowest BCUT2D eigenvalue weighted by Gasteiger charge is -2.12. The summed E-state index contributed by atoms with van der Waals surface area (Å²) in [5.74, 6) is -0.0897. The number of thioether (sulfide) groups is 1. The van der Waals surface area contributed by atoms with Crippen LogP contribution >= 0.6 is 23.1 Å². The van der Waals surface area contributed by atoms with Crippen LogP contribution < -0.4 is 5.32 Å². The molecule has 0 fully saturated rings. The van der Waals surface area contributed by atoms with Crippen LogP contribution in [0.2, 0.25) is 0 Å². The second-order valence-corrected chi connectivity index (χ2v) is 8.28. The lowest BCUT2D eigenvalue weighted by Crippen LogP contribution is -2.22. The number of pyridine rings is 1. The number of para-hydroxylation sites is 1. The molecule has 1 aromatic carbocycles. The van der Waals surface area contributed by atoms with E-state index in [0.717, 1.165) is 32.9 Å². The number of nitrogens with zero attached hydrogens (tertiary/aromatic N) is 3. The number of amides is 1. The van der Waals surface area contributed by atoms with E-state index in [4.69, 9.17) is 4.98 Å². The number of aromatic nitrogens is 3. The molecule has 2 heterocycles. The van der Waals surface area contributed by atoms with Gasteiger partial charge in [0.25, 0.3) is 0 Å². The van der Waals surface area contributed by atoms with Gasteiger partial charge in [-0.25, -0.2) is 4.98 Å². The van der Waals surface area contributed by atoms with Crippen LogP contribution in [0.15, 0.2) is 29.3 Å². The molecule has 5 nitrogen and oxygen atoms in total. The van der Waals surface area contributed by atoms with E-state index < -0.39 is 0 Å². The zero-order chi connectivity index (χ0) is 18.0. The van der Waals surface area contributed by atoms with Crippen LogP contribution in [0.1, 0.15) is 30.0 Å². The highest BCUT2D eigenvalue weighted by atomic mass is 32.2. The molecular weight excluding hydrogens is 352 g/mol. The number of carbonyl (C=O) groups excluding carboxylic acids is 1. The minimum Gasteiger partial charge on any atom is -0.300 e. The van der Waals surface area contributed by atoms with E-state index in [0.29, 0.717) is 5.13 Å². The van der Waals surface area contributed by atoms with Crippen LogP contribution in [-0.4, -0.2) is 26.3 Å². The third-order valence-corrected chi connectivity index (χ3v) is 5.89. The lowest BCUT2D eigenvalue weighted by molar-refractivity contribution is -0.115. The van der Waals surface area contributed by atoms with E-state index in [2.05, 4.69) is 41.5 Å². The van der Waals surface area contributed by atoms with Gasteiger partial charge in [-0.1, -0.05) is 48.2 Å². The highest BCUT2D eigenvalue weighted by Crippen LogP contribution is 2.28. The third-order valence-electron chi connectivity index (χ3n) is 3.89. The van der Waals surface area contributed by atoms with Crippen LogP contribution in [0.5, 0.6) is 0 Å². The summed E-state index contributed by atoms with van der Waals surface area (Å²) in [5, 5.41) is 14.1. The summed E-state index contributed by atoms with van der Waals surface area (Å²) in [6, 6.07) is 8.22. The van der Waals surface area contributed by atoms with Gasteiger partial charge in [-0.15, -0.1) is 10.2 Å². The highest BCUT2D eigenvalue weighted by molar-refractivity contribution is 8.00. The molecule has 1 N–H and O–H groups in total. The maximum Gasteiger partial charge on any atom is 0.239 e. The SMILES string of the molecule is CCc1nnc(NC(=O)C(C)Sc2cc(C)c3cccc(C)c3n2)s1. The van der Waals surface area contributed by atoms with Crippen molar-refractivity contribution >= 4 is 45.0 Å². The van der Waals surface area contributed by atoms with Gasteiger partial charge in [0.15, 0.2) is 0 Å². The van der Waals surface area contributed by atoms with Crippen molar-refractivity contribution in [2.24, 2.45) is 0 Å². The van der Waals surface area contributed by atoms with Crippen LogP contribution in [-0.2, 0) is 11.2 Å². The smallest absolute Gasteiger partial charge is 0.239 e. The number of hydrogen-bond acceptors (Lipinski definition) is 6. The van der Waals surface area contributed by atoms with Crippen molar-refractivity contribution in [3.05, 3.63) is 40.4 Å². The van der Waals surface area contributed by atoms with Crippen molar-refractivity contribution in [3.63, 3.8) is 0 Å².